The van der Waals surface area contributed by atoms with Gasteiger partial charge in [-0.05, 0) is 18.2 Å². The molecule has 0 spiro atoms. The summed E-state index contributed by atoms with van der Waals surface area (Å²) in [5.74, 6) is 0.752. The third-order valence-corrected chi connectivity index (χ3v) is 2.45. The maximum Gasteiger partial charge on any atom is 0.120 e. The molecule has 0 unspecified atom stereocenters. The molecule has 0 bridgehead atoms. The fourth-order valence-corrected chi connectivity index (χ4v) is 1.45. The zero-order valence-electron chi connectivity index (χ0n) is 8.69. The average Bonchev–Trinajstić information content (AvgIpc) is 2.24. The van der Waals surface area contributed by atoms with Crippen LogP contribution in [0.3, 0.4) is 0 Å². The van der Waals surface area contributed by atoms with E-state index in [9.17, 15) is 0 Å². The smallest absolute Gasteiger partial charge is 0.120 e. The van der Waals surface area contributed by atoms with Gasteiger partial charge in [-0.15, -0.1) is 0 Å². The summed E-state index contributed by atoms with van der Waals surface area (Å²) in [5, 5.41) is 8.72. The monoisotopic (exact) mass is 203 g/mol. The molecular formula is C12H13NO2. The first kappa shape index (κ1) is 10.0. The number of nitriles is 1. The first-order valence-electron chi connectivity index (χ1n) is 4.93. The van der Waals surface area contributed by atoms with Crippen LogP contribution in [0.1, 0.15) is 12.5 Å². The Morgan fingerprint density at radius 2 is 2.33 bits per heavy atom. The number of hydrogen-bond acceptors (Lipinski definition) is 3. The fraction of sp³-hybridized carbons (Fsp3) is 0.417. The van der Waals surface area contributed by atoms with E-state index in [2.05, 4.69) is 13.0 Å². The van der Waals surface area contributed by atoms with Crippen molar-refractivity contribution in [2.24, 2.45) is 5.41 Å². The van der Waals surface area contributed by atoms with Crippen LogP contribution in [-0.4, -0.2) is 19.8 Å². The van der Waals surface area contributed by atoms with Crippen molar-refractivity contribution in [3.8, 4) is 11.8 Å². The highest BCUT2D eigenvalue weighted by Gasteiger charge is 2.34. The lowest BCUT2D eigenvalue weighted by atomic mass is 9.90. The van der Waals surface area contributed by atoms with Crippen molar-refractivity contribution in [3.63, 3.8) is 0 Å². The fourth-order valence-electron chi connectivity index (χ4n) is 1.45. The van der Waals surface area contributed by atoms with Gasteiger partial charge >= 0.3 is 0 Å². The second-order valence-corrected chi connectivity index (χ2v) is 4.23. The molecule has 0 radical (unpaired) electrons. The third kappa shape index (κ3) is 2.28. The predicted molar refractivity (Wildman–Crippen MR) is 55.6 cm³/mol. The maximum absolute atomic E-state index is 8.72. The molecule has 78 valence electrons. The number of benzene rings is 1. The second-order valence-electron chi connectivity index (χ2n) is 4.23. The average molecular weight is 203 g/mol. The van der Waals surface area contributed by atoms with Gasteiger partial charge in [0.15, 0.2) is 0 Å². The van der Waals surface area contributed by atoms with Crippen LogP contribution in [0.2, 0.25) is 0 Å². The van der Waals surface area contributed by atoms with Gasteiger partial charge in [0.05, 0.1) is 31.5 Å². The molecule has 1 aromatic carbocycles. The molecule has 3 heteroatoms. The van der Waals surface area contributed by atoms with Crippen molar-refractivity contribution < 1.29 is 9.47 Å². The van der Waals surface area contributed by atoms with Crippen molar-refractivity contribution in [1.29, 1.82) is 5.26 Å². The van der Waals surface area contributed by atoms with Gasteiger partial charge in [0, 0.05) is 5.41 Å². The van der Waals surface area contributed by atoms with Crippen LogP contribution in [0.15, 0.2) is 24.3 Å². The molecule has 0 saturated carbocycles. The number of nitrogens with zero attached hydrogens (tertiary/aromatic N) is 1. The molecule has 15 heavy (non-hydrogen) atoms. The topological polar surface area (TPSA) is 42.2 Å². The SMILES string of the molecule is CC1(COc2cccc(C#N)c2)COC1. The molecule has 1 saturated heterocycles. The summed E-state index contributed by atoms with van der Waals surface area (Å²) >= 11 is 0. The maximum atomic E-state index is 8.72. The van der Waals surface area contributed by atoms with Crippen molar-refractivity contribution in [3.05, 3.63) is 29.8 Å². The van der Waals surface area contributed by atoms with Gasteiger partial charge in [-0.25, -0.2) is 0 Å². The molecule has 1 aliphatic rings. The van der Waals surface area contributed by atoms with Crippen LogP contribution in [0.25, 0.3) is 0 Å². The Bertz CT molecular complexity index is 391. The van der Waals surface area contributed by atoms with E-state index in [4.69, 9.17) is 14.7 Å². The molecule has 3 nitrogen and oxygen atoms in total. The summed E-state index contributed by atoms with van der Waals surface area (Å²) < 4.78 is 10.8. The Balaban J connectivity index is 1.96. The van der Waals surface area contributed by atoms with Crippen LogP contribution in [0.5, 0.6) is 5.75 Å². The van der Waals surface area contributed by atoms with E-state index in [1.54, 1.807) is 12.1 Å². The summed E-state index contributed by atoms with van der Waals surface area (Å²) in [6.45, 7) is 4.28. The molecule has 0 N–H and O–H groups in total. The molecule has 0 amide bonds. The van der Waals surface area contributed by atoms with Gasteiger partial charge in [0.1, 0.15) is 5.75 Å². The second kappa shape index (κ2) is 3.92. The van der Waals surface area contributed by atoms with Gasteiger partial charge < -0.3 is 9.47 Å². The molecule has 2 rings (SSSR count). The Morgan fingerprint density at radius 3 is 2.93 bits per heavy atom. The Kier molecular flexibility index (Phi) is 2.61. The largest absolute Gasteiger partial charge is 0.493 e. The Labute approximate surface area is 89.2 Å². The van der Waals surface area contributed by atoms with Crippen molar-refractivity contribution in [2.75, 3.05) is 19.8 Å². The minimum atomic E-state index is 0.142. The van der Waals surface area contributed by atoms with Gasteiger partial charge in [-0.3, -0.25) is 0 Å². The quantitative estimate of drug-likeness (QED) is 0.754. The highest BCUT2D eigenvalue weighted by atomic mass is 16.5. The van der Waals surface area contributed by atoms with Gasteiger partial charge in [-0.1, -0.05) is 13.0 Å². The standard InChI is InChI=1S/C12H13NO2/c1-12(7-14-8-12)9-15-11-4-2-3-10(5-11)6-13/h2-5H,7-9H2,1H3. The normalized spacial score (nSPS) is 17.6. The van der Waals surface area contributed by atoms with Crippen LogP contribution in [-0.2, 0) is 4.74 Å². The molecule has 0 atom stereocenters. The van der Waals surface area contributed by atoms with E-state index >= 15 is 0 Å². The lowest BCUT2D eigenvalue weighted by molar-refractivity contribution is -0.120. The van der Waals surface area contributed by atoms with Gasteiger partial charge in [-0.2, -0.15) is 5.26 Å². The van der Waals surface area contributed by atoms with Crippen LogP contribution >= 0.6 is 0 Å². The van der Waals surface area contributed by atoms with Gasteiger partial charge in [0.2, 0.25) is 0 Å². The van der Waals surface area contributed by atoms with Crippen LogP contribution < -0.4 is 4.74 Å². The zero-order chi connectivity index (χ0) is 10.7. The molecule has 1 heterocycles. The Hall–Kier alpha value is -1.53. The van der Waals surface area contributed by atoms with Gasteiger partial charge in [0.25, 0.3) is 0 Å². The van der Waals surface area contributed by atoms with Crippen molar-refractivity contribution >= 4 is 0 Å². The van der Waals surface area contributed by atoms with E-state index < -0.39 is 0 Å². The number of hydrogen-bond donors (Lipinski definition) is 0. The molecular weight excluding hydrogens is 190 g/mol. The minimum Gasteiger partial charge on any atom is -0.493 e. The van der Waals surface area contributed by atoms with Crippen LogP contribution in [0.4, 0.5) is 0 Å². The molecule has 1 aliphatic heterocycles. The van der Waals surface area contributed by atoms with Crippen molar-refractivity contribution in [2.45, 2.75) is 6.92 Å². The lowest BCUT2D eigenvalue weighted by Crippen LogP contribution is -2.44. The molecule has 0 aromatic heterocycles. The van der Waals surface area contributed by atoms with Crippen molar-refractivity contribution in [1.82, 2.24) is 0 Å². The predicted octanol–water partition coefficient (Wildman–Crippen LogP) is 1.97. The summed E-state index contributed by atoms with van der Waals surface area (Å²) in [5.41, 5.74) is 0.769. The van der Waals surface area contributed by atoms with E-state index in [1.807, 2.05) is 12.1 Å². The van der Waals surface area contributed by atoms with E-state index in [0.717, 1.165) is 19.0 Å². The zero-order valence-corrected chi connectivity index (χ0v) is 8.69. The summed E-state index contributed by atoms with van der Waals surface area (Å²) in [6.07, 6.45) is 0. The summed E-state index contributed by atoms with van der Waals surface area (Å²) in [7, 11) is 0. The highest BCUT2D eigenvalue weighted by Crippen LogP contribution is 2.27. The molecule has 1 aromatic rings. The summed E-state index contributed by atoms with van der Waals surface area (Å²) in [4.78, 5) is 0. The number of rotatable bonds is 3. The number of ether oxygens (including phenoxy) is 2. The molecule has 1 fully saturated rings. The third-order valence-electron chi connectivity index (χ3n) is 2.45. The first-order chi connectivity index (χ1) is 7.22. The summed E-state index contributed by atoms with van der Waals surface area (Å²) in [6, 6.07) is 9.30. The van der Waals surface area contributed by atoms with Crippen LogP contribution in [0, 0.1) is 16.7 Å². The molecule has 0 aliphatic carbocycles. The van der Waals surface area contributed by atoms with E-state index in [1.165, 1.54) is 0 Å². The minimum absolute atomic E-state index is 0.142. The van der Waals surface area contributed by atoms with E-state index in [-0.39, 0.29) is 5.41 Å². The lowest BCUT2D eigenvalue weighted by Gasteiger charge is -2.37. The Morgan fingerprint density at radius 1 is 1.53 bits per heavy atom. The highest BCUT2D eigenvalue weighted by molar-refractivity contribution is 5.36. The van der Waals surface area contributed by atoms with E-state index in [0.29, 0.717) is 12.2 Å². The first-order valence-corrected chi connectivity index (χ1v) is 4.93.